The van der Waals surface area contributed by atoms with E-state index in [0.29, 0.717) is 13.2 Å². The van der Waals surface area contributed by atoms with Crippen LogP contribution < -0.4 is 0 Å². The molecule has 0 heterocycles. The smallest absolute Gasteiger partial charge is 0.330 e. The zero-order chi connectivity index (χ0) is 10.8. The van der Waals surface area contributed by atoms with Crippen LogP contribution in [0.1, 0.15) is 26.2 Å². The van der Waals surface area contributed by atoms with Crippen molar-refractivity contribution >= 4 is 11.9 Å². The summed E-state index contributed by atoms with van der Waals surface area (Å²) in [5.41, 5.74) is 0. The maximum absolute atomic E-state index is 10.6. The minimum Gasteiger partial charge on any atom is -0.466 e. The van der Waals surface area contributed by atoms with E-state index in [4.69, 9.17) is 9.47 Å². The molecule has 0 bridgehead atoms. The first-order chi connectivity index (χ1) is 6.66. The second-order valence-electron chi connectivity index (χ2n) is 2.77. The minimum absolute atomic E-state index is 0.261. The average molecular weight is 200 g/mol. The number of unbranched alkanes of at least 4 members (excludes halogenated alkanes) is 2. The average Bonchev–Trinajstić information content (AvgIpc) is 2.15. The monoisotopic (exact) mass is 200 g/mol. The SMILES string of the molecule is C=CC(=O)OCCCCCOC(C)=O. The summed E-state index contributed by atoms with van der Waals surface area (Å²) in [4.78, 5) is 20.9. The zero-order valence-corrected chi connectivity index (χ0v) is 8.45. The molecule has 0 N–H and O–H groups in total. The topological polar surface area (TPSA) is 52.6 Å². The predicted molar refractivity (Wildman–Crippen MR) is 51.6 cm³/mol. The maximum atomic E-state index is 10.6. The molecule has 0 aliphatic carbocycles. The summed E-state index contributed by atoms with van der Waals surface area (Å²) in [7, 11) is 0. The van der Waals surface area contributed by atoms with Gasteiger partial charge in [-0.2, -0.15) is 0 Å². The molecule has 0 atom stereocenters. The van der Waals surface area contributed by atoms with Crippen molar-refractivity contribution in [1.29, 1.82) is 0 Å². The molecule has 4 heteroatoms. The van der Waals surface area contributed by atoms with Crippen molar-refractivity contribution in [2.24, 2.45) is 0 Å². The first-order valence-corrected chi connectivity index (χ1v) is 4.59. The summed E-state index contributed by atoms with van der Waals surface area (Å²) >= 11 is 0. The first kappa shape index (κ1) is 12.7. The van der Waals surface area contributed by atoms with Crippen molar-refractivity contribution in [3.63, 3.8) is 0 Å². The highest BCUT2D eigenvalue weighted by molar-refractivity contribution is 5.81. The molecule has 0 rings (SSSR count). The molecule has 0 amide bonds. The van der Waals surface area contributed by atoms with E-state index in [0.717, 1.165) is 25.3 Å². The molecule has 80 valence electrons. The lowest BCUT2D eigenvalue weighted by Gasteiger charge is -2.02. The molecule has 0 saturated carbocycles. The summed E-state index contributed by atoms with van der Waals surface area (Å²) in [6, 6.07) is 0. The first-order valence-electron chi connectivity index (χ1n) is 4.59. The van der Waals surface area contributed by atoms with Gasteiger partial charge in [-0.15, -0.1) is 0 Å². The van der Waals surface area contributed by atoms with Crippen molar-refractivity contribution in [2.45, 2.75) is 26.2 Å². The van der Waals surface area contributed by atoms with Gasteiger partial charge in [0.15, 0.2) is 0 Å². The fourth-order valence-electron chi connectivity index (χ4n) is 0.828. The van der Waals surface area contributed by atoms with Gasteiger partial charge < -0.3 is 9.47 Å². The molecular formula is C10H16O4. The lowest BCUT2D eigenvalue weighted by Crippen LogP contribution is -2.03. The van der Waals surface area contributed by atoms with Gasteiger partial charge in [0, 0.05) is 13.0 Å². The van der Waals surface area contributed by atoms with E-state index in [1.54, 1.807) is 0 Å². The Kier molecular flexibility index (Phi) is 7.50. The van der Waals surface area contributed by atoms with E-state index >= 15 is 0 Å². The van der Waals surface area contributed by atoms with Gasteiger partial charge in [-0.1, -0.05) is 6.58 Å². The van der Waals surface area contributed by atoms with Gasteiger partial charge in [-0.3, -0.25) is 4.79 Å². The fourth-order valence-corrected chi connectivity index (χ4v) is 0.828. The fraction of sp³-hybridized carbons (Fsp3) is 0.600. The second-order valence-corrected chi connectivity index (χ2v) is 2.77. The molecule has 0 spiro atoms. The zero-order valence-electron chi connectivity index (χ0n) is 8.45. The Bertz CT molecular complexity index is 198. The molecule has 0 unspecified atom stereocenters. The minimum atomic E-state index is -0.398. The molecule has 0 aromatic heterocycles. The molecule has 0 aromatic carbocycles. The van der Waals surface area contributed by atoms with Crippen LogP contribution in [0, 0.1) is 0 Å². The molecule has 0 aliphatic heterocycles. The molecule has 14 heavy (non-hydrogen) atoms. The van der Waals surface area contributed by atoms with Gasteiger partial charge in [0.1, 0.15) is 0 Å². The van der Waals surface area contributed by atoms with E-state index in [9.17, 15) is 9.59 Å². The van der Waals surface area contributed by atoms with E-state index in [-0.39, 0.29) is 5.97 Å². The highest BCUT2D eigenvalue weighted by Gasteiger charge is 1.96. The third-order valence-electron chi connectivity index (χ3n) is 1.50. The molecular weight excluding hydrogens is 184 g/mol. The van der Waals surface area contributed by atoms with E-state index in [2.05, 4.69) is 6.58 Å². The summed E-state index contributed by atoms with van der Waals surface area (Å²) in [5, 5.41) is 0. The Morgan fingerprint density at radius 1 is 1.14 bits per heavy atom. The summed E-state index contributed by atoms with van der Waals surface area (Å²) < 4.78 is 9.48. The van der Waals surface area contributed by atoms with Crippen LogP contribution in [0.5, 0.6) is 0 Å². The van der Waals surface area contributed by atoms with Gasteiger partial charge in [-0.25, -0.2) is 4.79 Å². The normalized spacial score (nSPS) is 9.21. The van der Waals surface area contributed by atoms with Gasteiger partial charge in [0.25, 0.3) is 0 Å². The number of ether oxygens (including phenoxy) is 2. The molecule has 0 aromatic rings. The quantitative estimate of drug-likeness (QED) is 0.354. The largest absolute Gasteiger partial charge is 0.466 e. The van der Waals surface area contributed by atoms with Crippen LogP contribution in [0.4, 0.5) is 0 Å². The number of esters is 2. The van der Waals surface area contributed by atoms with E-state index in [1.165, 1.54) is 6.92 Å². The van der Waals surface area contributed by atoms with E-state index < -0.39 is 5.97 Å². The van der Waals surface area contributed by atoms with Crippen LogP contribution in [0.3, 0.4) is 0 Å². The van der Waals surface area contributed by atoms with Crippen molar-refractivity contribution in [1.82, 2.24) is 0 Å². The summed E-state index contributed by atoms with van der Waals surface area (Å²) in [6.07, 6.45) is 3.59. The van der Waals surface area contributed by atoms with Crippen molar-refractivity contribution < 1.29 is 19.1 Å². The summed E-state index contributed by atoms with van der Waals surface area (Å²) in [5.74, 6) is -0.659. The van der Waals surface area contributed by atoms with Crippen LogP contribution in [0.15, 0.2) is 12.7 Å². The van der Waals surface area contributed by atoms with Crippen molar-refractivity contribution in [3.05, 3.63) is 12.7 Å². The predicted octanol–water partition coefficient (Wildman–Crippen LogP) is 1.45. The third-order valence-corrected chi connectivity index (χ3v) is 1.50. The molecule has 4 nitrogen and oxygen atoms in total. The Hall–Kier alpha value is -1.32. The van der Waals surface area contributed by atoms with Crippen LogP contribution in [0.25, 0.3) is 0 Å². The molecule has 0 aliphatic rings. The van der Waals surface area contributed by atoms with Crippen LogP contribution in [0.2, 0.25) is 0 Å². The Labute approximate surface area is 83.9 Å². The Morgan fingerprint density at radius 3 is 2.21 bits per heavy atom. The maximum Gasteiger partial charge on any atom is 0.330 e. The lowest BCUT2D eigenvalue weighted by atomic mass is 10.2. The van der Waals surface area contributed by atoms with Gasteiger partial charge >= 0.3 is 11.9 Å². The second kappa shape index (κ2) is 8.29. The Morgan fingerprint density at radius 2 is 1.71 bits per heavy atom. The molecule has 0 saturated heterocycles. The van der Waals surface area contributed by atoms with Gasteiger partial charge in [-0.05, 0) is 19.3 Å². The third kappa shape index (κ3) is 8.77. The molecule has 0 radical (unpaired) electrons. The highest BCUT2D eigenvalue weighted by atomic mass is 16.5. The van der Waals surface area contributed by atoms with Crippen LogP contribution in [-0.2, 0) is 19.1 Å². The van der Waals surface area contributed by atoms with E-state index in [1.807, 2.05) is 0 Å². The lowest BCUT2D eigenvalue weighted by molar-refractivity contribution is -0.141. The number of carbonyl (C=O) groups excluding carboxylic acids is 2. The number of hydrogen-bond acceptors (Lipinski definition) is 4. The van der Waals surface area contributed by atoms with Crippen LogP contribution in [-0.4, -0.2) is 25.2 Å². The van der Waals surface area contributed by atoms with Crippen molar-refractivity contribution in [2.75, 3.05) is 13.2 Å². The summed E-state index contributed by atoms with van der Waals surface area (Å²) in [6.45, 7) is 5.49. The number of carbonyl (C=O) groups is 2. The highest BCUT2D eigenvalue weighted by Crippen LogP contribution is 1.97. The van der Waals surface area contributed by atoms with Gasteiger partial charge in [0.2, 0.25) is 0 Å². The van der Waals surface area contributed by atoms with Crippen molar-refractivity contribution in [3.8, 4) is 0 Å². The van der Waals surface area contributed by atoms with Gasteiger partial charge in [0.05, 0.1) is 13.2 Å². The number of hydrogen-bond donors (Lipinski definition) is 0. The standard InChI is InChI=1S/C10H16O4/c1-3-10(12)14-8-6-4-5-7-13-9(2)11/h3H,1,4-8H2,2H3. The van der Waals surface area contributed by atoms with Crippen LogP contribution >= 0.6 is 0 Å². The number of rotatable bonds is 7. The molecule has 0 fully saturated rings. The Balaban J connectivity index is 3.10.